The van der Waals surface area contributed by atoms with Gasteiger partial charge in [-0.25, -0.2) is 0 Å². The summed E-state index contributed by atoms with van der Waals surface area (Å²) >= 11 is 4.35. The first-order valence-corrected chi connectivity index (χ1v) is 21.8. The fourth-order valence-corrected chi connectivity index (χ4v) is 24.5. The van der Waals surface area contributed by atoms with E-state index in [2.05, 4.69) is 25.7 Å². The fourth-order valence-electron chi connectivity index (χ4n) is 3.19. The maximum absolute atomic E-state index is 6.76. The molecule has 12 heteroatoms. The van der Waals surface area contributed by atoms with Crippen LogP contribution in [0.1, 0.15) is 6.42 Å². The van der Waals surface area contributed by atoms with Gasteiger partial charge in [0.15, 0.2) is 9.04 Å². The van der Waals surface area contributed by atoms with Gasteiger partial charge < -0.3 is 25.0 Å². The average molecular weight is 494 g/mol. The molecule has 1 aliphatic rings. The standard InChI is InChI=1S/C16H33O6SSi5/c1-17-27(15-11-14-23)19-25(4,5)21-28(18-24(2)3,22-26(6,7)20-27)16-12-9-8-10-13-16/h8-10,12-13,23H,11,14-15H2,1-7H3. The molecule has 6 nitrogen and oxygen atoms in total. The van der Waals surface area contributed by atoms with Crippen molar-refractivity contribution in [1.82, 2.24) is 0 Å². The minimum absolute atomic E-state index is 0.698. The van der Waals surface area contributed by atoms with Crippen LogP contribution in [0.2, 0.25) is 45.3 Å². The fraction of sp³-hybridized carbons (Fsp3) is 0.625. The van der Waals surface area contributed by atoms with Gasteiger partial charge in [-0.3, -0.25) is 0 Å². The van der Waals surface area contributed by atoms with Crippen LogP contribution >= 0.6 is 12.6 Å². The molecule has 1 fully saturated rings. The van der Waals surface area contributed by atoms with Crippen molar-refractivity contribution in [3.05, 3.63) is 30.3 Å². The molecule has 0 saturated carbocycles. The monoisotopic (exact) mass is 493 g/mol. The smallest absolute Gasteiger partial charge is 0.413 e. The minimum Gasteiger partial charge on any atom is -0.413 e. The van der Waals surface area contributed by atoms with Crippen LogP contribution in [0.3, 0.4) is 0 Å². The van der Waals surface area contributed by atoms with Crippen molar-refractivity contribution in [2.45, 2.75) is 51.7 Å². The van der Waals surface area contributed by atoms with Crippen LogP contribution in [0.15, 0.2) is 30.3 Å². The third-order valence-electron chi connectivity index (χ3n) is 3.98. The minimum atomic E-state index is -3.21. The van der Waals surface area contributed by atoms with Crippen molar-refractivity contribution < 1.29 is 25.0 Å². The molecule has 0 aliphatic carbocycles. The summed E-state index contributed by atoms with van der Waals surface area (Å²) in [4.78, 5) is 0. The predicted molar refractivity (Wildman–Crippen MR) is 126 cm³/mol. The number of rotatable bonds is 7. The summed E-state index contributed by atoms with van der Waals surface area (Å²) in [5.74, 6) is 0.750. The van der Waals surface area contributed by atoms with Crippen LogP contribution in [0, 0.1) is 0 Å². The van der Waals surface area contributed by atoms with E-state index in [0.29, 0.717) is 6.04 Å². The van der Waals surface area contributed by atoms with Gasteiger partial charge in [0.05, 0.1) is 0 Å². The Morgan fingerprint density at radius 2 is 1.46 bits per heavy atom. The summed E-state index contributed by atoms with van der Waals surface area (Å²) in [6, 6.07) is 10.7. The lowest BCUT2D eigenvalue weighted by atomic mass is 10.4. The van der Waals surface area contributed by atoms with Crippen molar-refractivity contribution in [2.75, 3.05) is 12.9 Å². The Morgan fingerprint density at radius 3 is 1.89 bits per heavy atom. The third kappa shape index (κ3) is 6.45. The lowest BCUT2D eigenvalue weighted by molar-refractivity contribution is 0.129. The molecule has 1 radical (unpaired) electrons. The highest BCUT2D eigenvalue weighted by molar-refractivity contribution is 7.80. The van der Waals surface area contributed by atoms with Crippen LogP contribution in [-0.2, 0) is 25.0 Å². The molecule has 0 amide bonds. The maximum atomic E-state index is 6.76. The Morgan fingerprint density at radius 1 is 0.929 bits per heavy atom. The number of thiol groups is 1. The molecule has 0 N–H and O–H groups in total. The summed E-state index contributed by atoms with van der Waals surface area (Å²) < 4.78 is 39.2. The van der Waals surface area contributed by atoms with Gasteiger partial charge >= 0.3 is 34.7 Å². The van der Waals surface area contributed by atoms with E-state index in [-0.39, 0.29) is 0 Å². The van der Waals surface area contributed by atoms with Gasteiger partial charge in [0.2, 0.25) is 0 Å². The highest BCUT2D eigenvalue weighted by Gasteiger charge is 2.61. The van der Waals surface area contributed by atoms with Crippen LogP contribution in [0.25, 0.3) is 0 Å². The second-order valence-corrected chi connectivity index (χ2v) is 23.8. The molecule has 159 valence electrons. The summed E-state index contributed by atoms with van der Waals surface area (Å²) in [6.07, 6.45) is 0.854. The lowest BCUT2D eigenvalue weighted by Crippen LogP contribution is -2.73. The SMILES string of the molecule is CO[Si]1(CCCS)O[Si](C)(C)O[Si](O[Si](C)C)(c2ccccc2)O[Si](C)(C)O1. The van der Waals surface area contributed by atoms with E-state index in [0.717, 1.165) is 17.4 Å². The maximum Gasteiger partial charge on any atom is 0.508 e. The van der Waals surface area contributed by atoms with Gasteiger partial charge in [0.1, 0.15) is 0 Å². The van der Waals surface area contributed by atoms with Crippen LogP contribution < -0.4 is 5.19 Å². The van der Waals surface area contributed by atoms with E-state index in [1.807, 2.05) is 56.5 Å². The second-order valence-electron chi connectivity index (χ2n) is 7.85. The summed E-state index contributed by atoms with van der Waals surface area (Å²) in [5.41, 5.74) is 0. The van der Waals surface area contributed by atoms with Gasteiger partial charge in [-0.2, -0.15) is 12.6 Å². The Bertz CT molecular complexity index is 613. The Balaban J connectivity index is 2.52. The van der Waals surface area contributed by atoms with Crippen LogP contribution in [0.4, 0.5) is 0 Å². The van der Waals surface area contributed by atoms with E-state index in [1.54, 1.807) is 7.11 Å². The third-order valence-corrected chi connectivity index (χ3v) is 22.1. The second kappa shape index (κ2) is 9.70. The molecule has 1 aromatic rings. The van der Waals surface area contributed by atoms with Crippen molar-refractivity contribution in [2.24, 2.45) is 0 Å². The highest BCUT2D eigenvalue weighted by atomic mass is 32.1. The van der Waals surface area contributed by atoms with E-state index < -0.39 is 43.8 Å². The molecule has 0 atom stereocenters. The first-order chi connectivity index (χ1) is 13.0. The van der Waals surface area contributed by atoms with Crippen molar-refractivity contribution in [3.63, 3.8) is 0 Å². The van der Waals surface area contributed by atoms with Crippen LogP contribution in [0.5, 0.6) is 0 Å². The van der Waals surface area contributed by atoms with Crippen molar-refractivity contribution >= 4 is 61.6 Å². The Hall–Kier alpha value is 0.414. The van der Waals surface area contributed by atoms with E-state index in [9.17, 15) is 0 Å². The normalized spacial score (nSPS) is 30.0. The van der Waals surface area contributed by atoms with Crippen molar-refractivity contribution in [1.29, 1.82) is 0 Å². The van der Waals surface area contributed by atoms with Crippen LogP contribution in [-0.4, -0.2) is 56.6 Å². The molecular formula is C16H33O6SSi5. The van der Waals surface area contributed by atoms with Gasteiger partial charge in [-0.1, -0.05) is 30.3 Å². The van der Waals surface area contributed by atoms with E-state index in [1.165, 1.54) is 0 Å². The molecule has 1 saturated heterocycles. The molecule has 1 aromatic carbocycles. The average Bonchev–Trinajstić information content (AvgIpc) is 2.57. The zero-order valence-electron chi connectivity index (χ0n) is 17.9. The number of hydrogen-bond donors (Lipinski definition) is 1. The Kier molecular flexibility index (Phi) is 8.55. The Labute approximate surface area is 181 Å². The van der Waals surface area contributed by atoms with Gasteiger partial charge in [-0.05, 0) is 51.5 Å². The quantitative estimate of drug-likeness (QED) is 0.463. The summed E-state index contributed by atoms with van der Waals surface area (Å²) in [6.45, 7) is 12.3. The first-order valence-electron chi connectivity index (χ1n) is 9.48. The van der Waals surface area contributed by atoms with Gasteiger partial charge in [0, 0.05) is 18.3 Å². The zero-order valence-corrected chi connectivity index (χ0v) is 23.8. The van der Waals surface area contributed by atoms with Gasteiger partial charge in [0.25, 0.3) is 0 Å². The molecule has 1 heterocycles. The van der Waals surface area contributed by atoms with E-state index in [4.69, 9.17) is 25.0 Å². The molecular weight excluding hydrogens is 461 g/mol. The van der Waals surface area contributed by atoms with Gasteiger partial charge in [-0.15, -0.1) is 0 Å². The molecule has 0 unspecified atom stereocenters. The highest BCUT2D eigenvalue weighted by Crippen LogP contribution is 2.34. The molecule has 0 bridgehead atoms. The summed E-state index contributed by atoms with van der Waals surface area (Å²) in [5, 5.41) is 0.955. The molecule has 0 spiro atoms. The predicted octanol–water partition coefficient (Wildman–Crippen LogP) is 3.49. The largest absolute Gasteiger partial charge is 0.508 e. The molecule has 0 aromatic heterocycles. The zero-order chi connectivity index (χ0) is 21.1. The molecule has 2 rings (SSSR count). The first kappa shape index (κ1) is 24.7. The molecule has 28 heavy (non-hydrogen) atoms. The van der Waals surface area contributed by atoms with Crippen molar-refractivity contribution in [3.8, 4) is 0 Å². The lowest BCUT2D eigenvalue weighted by Gasteiger charge is -2.48. The topological polar surface area (TPSA) is 55.4 Å². The summed E-state index contributed by atoms with van der Waals surface area (Å²) in [7, 11) is -11.0. The number of hydrogen-bond acceptors (Lipinski definition) is 7. The number of benzene rings is 1. The van der Waals surface area contributed by atoms with E-state index >= 15 is 0 Å². The molecule has 1 aliphatic heterocycles.